The summed E-state index contributed by atoms with van der Waals surface area (Å²) in [4.78, 5) is 4.36. The van der Waals surface area contributed by atoms with Crippen molar-refractivity contribution in [3.05, 3.63) is 65.7 Å². The first-order chi connectivity index (χ1) is 17.1. The van der Waals surface area contributed by atoms with Gasteiger partial charge in [-0.1, -0.05) is 29.4 Å². The van der Waals surface area contributed by atoms with E-state index in [4.69, 9.17) is 14.4 Å². The summed E-state index contributed by atoms with van der Waals surface area (Å²) in [5.41, 5.74) is 2.12. The minimum Gasteiger partial charge on any atom is -0.470 e. The van der Waals surface area contributed by atoms with Crippen LogP contribution in [0.15, 0.2) is 53.2 Å². The number of nitrogens with one attached hydrogen (secondary N) is 1. The number of fused-ring (bicyclic) bond motifs is 3. The fraction of sp³-hybridized carbons (Fsp3) is 0.261. The number of pyridine rings is 1. The average molecular weight is 477 g/mol. The molecule has 2 atom stereocenters. The third-order valence-electron chi connectivity index (χ3n) is 5.41. The van der Waals surface area contributed by atoms with Gasteiger partial charge < -0.3 is 24.6 Å². The molecule has 0 spiro atoms. The number of ether oxygens (including phenoxy) is 1. The van der Waals surface area contributed by atoms with E-state index in [1.165, 1.54) is 4.52 Å². The molecule has 180 valence electrons. The minimum atomic E-state index is -0.942. The van der Waals surface area contributed by atoms with Crippen molar-refractivity contribution in [3.8, 4) is 17.4 Å². The molecule has 0 aliphatic carbocycles. The van der Waals surface area contributed by atoms with Crippen LogP contribution in [0.2, 0.25) is 0 Å². The number of hydrogen-bond acceptors (Lipinski definition) is 11. The molecule has 12 heteroatoms. The van der Waals surface area contributed by atoms with Crippen LogP contribution >= 0.6 is 0 Å². The molecule has 0 radical (unpaired) electrons. The van der Waals surface area contributed by atoms with Gasteiger partial charge in [0, 0.05) is 34.6 Å². The Morgan fingerprint density at radius 2 is 1.94 bits per heavy atom. The molecule has 1 unspecified atom stereocenters. The van der Waals surface area contributed by atoms with Gasteiger partial charge >= 0.3 is 0 Å². The zero-order chi connectivity index (χ0) is 24.4. The van der Waals surface area contributed by atoms with Crippen molar-refractivity contribution in [3.63, 3.8) is 0 Å². The number of hydrogen-bond donors (Lipinski definition) is 4. The fourth-order valence-electron chi connectivity index (χ4n) is 3.55. The van der Waals surface area contributed by atoms with Gasteiger partial charge in [0.25, 0.3) is 0 Å². The van der Waals surface area contributed by atoms with Crippen molar-refractivity contribution in [1.82, 2.24) is 35.3 Å². The van der Waals surface area contributed by atoms with Crippen LogP contribution in [0.1, 0.15) is 30.2 Å². The van der Waals surface area contributed by atoms with E-state index < -0.39 is 6.23 Å². The van der Waals surface area contributed by atoms with Crippen molar-refractivity contribution >= 4 is 16.4 Å². The first kappa shape index (κ1) is 22.8. The summed E-state index contributed by atoms with van der Waals surface area (Å²) < 4.78 is 12.6. The predicted octanol–water partition coefficient (Wildman–Crippen LogP) is 1.36. The fourth-order valence-corrected chi connectivity index (χ4v) is 3.55. The molecular weight excluding hydrogens is 454 g/mol. The Morgan fingerprint density at radius 3 is 2.66 bits per heavy atom. The third-order valence-corrected chi connectivity index (χ3v) is 5.41. The molecular formula is C23H23N7O5. The van der Waals surface area contributed by atoms with Gasteiger partial charge in [0.1, 0.15) is 19.4 Å². The van der Waals surface area contributed by atoms with Crippen LogP contribution < -0.4 is 10.1 Å². The van der Waals surface area contributed by atoms with E-state index >= 15 is 0 Å². The minimum absolute atomic E-state index is 0.0882. The molecule has 0 saturated heterocycles. The van der Waals surface area contributed by atoms with E-state index in [9.17, 15) is 10.2 Å². The Bertz CT molecular complexity index is 1450. The summed E-state index contributed by atoms with van der Waals surface area (Å²) in [7, 11) is 0. The SMILES string of the molecule is C[C@H](CO)NC(O)c1ccc(COc2nn3c(-c4cc(CO)on4)nnc3c3ccccc23)nc1. The molecule has 1 aromatic carbocycles. The van der Waals surface area contributed by atoms with Crippen LogP contribution in [0, 0.1) is 0 Å². The normalized spacial score (nSPS) is 13.4. The number of aliphatic hydroxyl groups excluding tert-OH is 3. The van der Waals surface area contributed by atoms with Crippen molar-refractivity contribution in [2.75, 3.05) is 6.61 Å². The number of nitrogens with zero attached hydrogens (tertiary/aromatic N) is 6. The standard InChI is InChI=1S/C23H23N7O5/c1-13(10-31)25-22(33)14-6-7-15(24-9-14)12-34-23-18-5-3-2-4-17(18)20-26-27-21(30(20)28-23)19-8-16(11-32)35-29-19/h2-9,13,22,25,31-33H,10-12H2,1H3/t13-,22?/m1/s1. The molecule has 5 aromatic rings. The summed E-state index contributed by atoms with van der Waals surface area (Å²) in [6, 6.07) is 12.4. The van der Waals surface area contributed by atoms with Gasteiger partial charge in [0.15, 0.2) is 17.1 Å². The quantitative estimate of drug-likeness (QED) is 0.227. The molecule has 0 saturated carbocycles. The summed E-state index contributed by atoms with van der Waals surface area (Å²) in [5.74, 6) is 0.999. The number of benzene rings is 1. The Kier molecular flexibility index (Phi) is 6.33. The van der Waals surface area contributed by atoms with E-state index in [0.717, 1.165) is 10.8 Å². The zero-order valence-corrected chi connectivity index (χ0v) is 18.7. The van der Waals surface area contributed by atoms with Crippen LogP contribution in [-0.2, 0) is 13.2 Å². The van der Waals surface area contributed by atoms with Gasteiger partial charge in [0.2, 0.25) is 11.7 Å². The summed E-state index contributed by atoms with van der Waals surface area (Å²) in [6.07, 6.45) is 0.610. The smallest absolute Gasteiger partial charge is 0.240 e. The highest BCUT2D eigenvalue weighted by Gasteiger charge is 2.19. The maximum absolute atomic E-state index is 10.2. The van der Waals surface area contributed by atoms with Crippen molar-refractivity contribution in [2.45, 2.75) is 32.4 Å². The second kappa shape index (κ2) is 9.72. The maximum atomic E-state index is 10.2. The van der Waals surface area contributed by atoms with Gasteiger partial charge in [-0.05, 0) is 19.1 Å². The highest BCUT2D eigenvalue weighted by molar-refractivity contribution is 5.96. The Morgan fingerprint density at radius 1 is 1.11 bits per heavy atom. The maximum Gasteiger partial charge on any atom is 0.240 e. The lowest BCUT2D eigenvalue weighted by Gasteiger charge is -2.17. The average Bonchev–Trinajstić information content (AvgIpc) is 3.54. The van der Waals surface area contributed by atoms with E-state index in [1.807, 2.05) is 24.3 Å². The Hall–Kier alpha value is -3.97. The van der Waals surface area contributed by atoms with E-state index in [1.54, 1.807) is 31.3 Å². The molecule has 0 fully saturated rings. The molecule has 4 aromatic heterocycles. The van der Waals surface area contributed by atoms with Crippen molar-refractivity contribution < 1.29 is 24.6 Å². The summed E-state index contributed by atoms with van der Waals surface area (Å²) in [6.45, 7) is 1.53. The largest absolute Gasteiger partial charge is 0.470 e. The van der Waals surface area contributed by atoms with Gasteiger partial charge in [-0.3, -0.25) is 10.3 Å². The molecule has 0 aliphatic heterocycles. The molecule has 4 heterocycles. The highest BCUT2D eigenvalue weighted by atomic mass is 16.5. The molecule has 0 aliphatic rings. The van der Waals surface area contributed by atoms with Gasteiger partial charge in [-0.2, -0.15) is 4.52 Å². The van der Waals surface area contributed by atoms with Crippen LogP contribution in [0.4, 0.5) is 0 Å². The van der Waals surface area contributed by atoms with Gasteiger partial charge in [-0.25, -0.2) is 0 Å². The Labute approximate surface area is 198 Å². The topological polar surface area (TPSA) is 164 Å². The zero-order valence-electron chi connectivity index (χ0n) is 18.7. The lowest BCUT2D eigenvalue weighted by atomic mass is 10.2. The lowest BCUT2D eigenvalue weighted by molar-refractivity contribution is 0.108. The monoisotopic (exact) mass is 477 g/mol. The van der Waals surface area contributed by atoms with Gasteiger partial charge in [-0.15, -0.1) is 15.3 Å². The lowest BCUT2D eigenvalue weighted by Crippen LogP contribution is -2.33. The summed E-state index contributed by atoms with van der Waals surface area (Å²) in [5, 5.41) is 50.0. The number of aliphatic hydroxyl groups is 3. The van der Waals surface area contributed by atoms with Crippen LogP contribution in [0.25, 0.3) is 27.9 Å². The van der Waals surface area contributed by atoms with E-state index in [0.29, 0.717) is 40.1 Å². The highest BCUT2D eigenvalue weighted by Crippen LogP contribution is 2.29. The van der Waals surface area contributed by atoms with Gasteiger partial charge in [0.05, 0.1) is 12.3 Å². The van der Waals surface area contributed by atoms with Crippen LogP contribution in [0.3, 0.4) is 0 Å². The molecule has 0 amide bonds. The van der Waals surface area contributed by atoms with Crippen molar-refractivity contribution in [1.29, 1.82) is 0 Å². The second-order valence-electron chi connectivity index (χ2n) is 7.97. The molecule has 12 nitrogen and oxygen atoms in total. The van der Waals surface area contributed by atoms with Crippen LogP contribution in [-0.4, -0.2) is 57.9 Å². The van der Waals surface area contributed by atoms with Crippen LogP contribution in [0.5, 0.6) is 5.88 Å². The van der Waals surface area contributed by atoms with E-state index in [-0.39, 0.29) is 25.9 Å². The van der Waals surface area contributed by atoms with Crippen molar-refractivity contribution in [2.24, 2.45) is 0 Å². The third kappa shape index (κ3) is 4.55. The molecule has 5 rings (SSSR count). The number of aromatic nitrogens is 6. The molecule has 0 bridgehead atoms. The first-order valence-electron chi connectivity index (χ1n) is 10.9. The first-order valence-corrected chi connectivity index (χ1v) is 10.9. The Balaban J connectivity index is 1.43. The second-order valence-corrected chi connectivity index (χ2v) is 7.97. The number of rotatable bonds is 9. The molecule has 4 N–H and O–H groups in total. The van der Waals surface area contributed by atoms with E-state index in [2.05, 4.69) is 30.8 Å². The molecule has 35 heavy (non-hydrogen) atoms. The summed E-state index contributed by atoms with van der Waals surface area (Å²) >= 11 is 0. The predicted molar refractivity (Wildman–Crippen MR) is 123 cm³/mol.